The van der Waals surface area contributed by atoms with Gasteiger partial charge in [-0.25, -0.2) is 0 Å². The largest absolute Gasteiger partial charge is 0.295 e. The number of halogens is 1. The van der Waals surface area contributed by atoms with E-state index in [1.165, 1.54) is 0 Å². The molecule has 0 N–H and O–H groups in total. The molecule has 0 unspecified atom stereocenters. The molecule has 0 aliphatic heterocycles. The zero-order chi connectivity index (χ0) is 13.3. The Morgan fingerprint density at radius 3 is 2.17 bits per heavy atom. The molecule has 1 nitrogen and oxygen atoms in total. The molecule has 18 heavy (non-hydrogen) atoms. The van der Waals surface area contributed by atoms with E-state index in [-0.39, 0.29) is 5.78 Å². The summed E-state index contributed by atoms with van der Waals surface area (Å²) in [6.45, 7) is 5.61. The van der Waals surface area contributed by atoms with Crippen molar-refractivity contribution in [2.75, 3.05) is 0 Å². The molecule has 0 aliphatic rings. The SMILES string of the molecule is CC(=O)c1ccc(-c2cc(C)c(Cl)cc2C)cc1. The predicted molar refractivity (Wildman–Crippen MR) is 76.4 cm³/mol. The van der Waals surface area contributed by atoms with Gasteiger partial charge in [-0.3, -0.25) is 4.79 Å². The summed E-state index contributed by atoms with van der Waals surface area (Å²) in [5, 5.41) is 0.789. The predicted octanol–water partition coefficient (Wildman–Crippen LogP) is 4.83. The lowest BCUT2D eigenvalue weighted by Crippen LogP contribution is -1.92. The van der Waals surface area contributed by atoms with E-state index in [1.807, 2.05) is 44.2 Å². The smallest absolute Gasteiger partial charge is 0.159 e. The molecule has 92 valence electrons. The maximum Gasteiger partial charge on any atom is 0.159 e. The van der Waals surface area contributed by atoms with Crippen molar-refractivity contribution in [3.8, 4) is 11.1 Å². The van der Waals surface area contributed by atoms with Crippen LogP contribution in [0.25, 0.3) is 11.1 Å². The van der Waals surface area contributed by atoms with Crippen LogP contribution >= 0.6 is 11.6 Å². The number of benzene rings is 2. The Bertz CT molecular complexity index is 597. The third-order valence-electron chi connectivity index (χ3n) is 3.11. The van der Waals surface area contributed by atoms with Crippen molar-refractivity contribution >= 4 is 17.4 Å². The molecule has 0 spiro atoms. The van der Waals surface area contributed by atoms with Gasteiger partial charge in [0.2, 0.25) is 0 Å². The standard InChI is InChI=1S/C16H15ClO/c1-10-9-16(17)11(2)8-15(10)14-6-4-13(5-7-14)12(3)18/h4-9H,1-3H3. The summed E-state index contributed by atoms with van der Waals surface area (Å²) >= 11 is 6.10. The molecule has 0 aromatic heterocycles. The molecular formula is C16H15ClO. The summed E-state index contributed by atoms with van der Waals surface area (Å²) in [4.78, 5) is 11.2. The molecular weight excluding hydrogens is 244 g/mol. The van der Waals surface area contributed by atoms with E-state index in [9.17, 15) is 4.79 Å². The third kappa shape index (κ3) is 2.46. The Balaban J connectivity index is 2.49. The molecule has 2 heteroatoms. The fourth-order valence-corrected chi connectivity index (χ4v) is 2.19. The molecule has 0 saturated carbocycles. The Kier molecular flexibility index (Phi) is 3.53. The van der Waals surface area contributed by atoms with Gasteiger partial charge in [-0.05, 0) is 55.2 Å². The highest BCUT2D eigenvalue weighted by molar-refractivity contribution is 6.31. The molecule has 0 amide bonds. The summed E-state index contributed by atoms with van der Waals surface area (Å²) in [7, 11) is 0. The highest BCUT2D eigenvalue weighted by Gasteiger charge is 2.06. The van der Waals surface area contributed by atoms with Crippen LogP contribution < -0.4 is 0 Å². The maximum atomic E-state index is 11.2. The van der Waals surface area contributed by atoms with Crippen LogP contribution in [0.1, 0.15) is 28.4 Å². The van der Waals surface area contributed by atoms with Gasteiger partial charge in [0.05, 0.1) is 0 Å². The molecule has 2 rings (SSSR count). The van der Waals surface area contributed by atoms with Gasteiger partial charge in [0, 0.05) is 10.6 Å². The van der Waals surface area contributed by atoms with Crippen molar-refractivity contribution in [3.05, 3.63) is 58.1 Å². The van der Waals surface area contributed by atoms with E-state index in [2.05, 4.69) is 6.07 Å². The Labute approximate surface area is 112 Å². The van der Waals surface area contributed by atoms with E-state index in [1.54, 1.807) is 6.92 Å². The van der Waals surface area contributed by atoms with E-state index < -0.39 is 0 Å². The van der Waals surface area contributed by atoms with Crippen molar-refractivity contribution in [2.24, 2.45) is 0 Å². The fraction of sp³-hybridized carbons (Fsp3) is 0.188. The van der Waals surface area contributed by atoms with Crippen LogP contribution in [0.4, 0.5) is 0 Å². The monoisotopic (exact) mass is 258 g/mol. The first-order valence-corrected chi connectivity index (χ1v) is 6.25. The first kappa shape index (κ1) is 12.8. The van der Waals surface area contributed by atoms with Crippen LogP contribution in [0.5, 0.6) is 0 Å². The number of ketones is 1. The molecule has 0 heterocycles. The van der Waals surface area contributed by atoms with Crippen LogP contribution in [0.15, 0.2) is 36.4 Å². The maximum absolute atomic E-state index is 11.2. The molecule has 0 bridgehead atoms. The highest BCUT2D eigenvalue weighted by Crippen LogP contribution is 2.28. The molecule has 0 radical (unpaired) electrons. The van der Waals surface area contributed by atoms with E-state index in [4.69, 9.17) is 11.6 Å². The normalized spacial score (nSPS) is 10.4. The second kappa shape index (κ2) is 4.95. The molecule has 2 aromatic carbocycles. The minimum absolute atomic E-state index is 0.0885. The van der Waals surface area contributed by atoms with E-state index in [0.717, 1.165) is 32.8 Å². The van der Waals surface area contributed by atoms with Crippen LogP contribution in [0.2, 0.25) is 5.02 Å². The zero-order valence-electron chi connectivity index (χ0n) is 10.8. The molecule has 0 atom stereocenters. The van der Waals surface area contributed by atoms with Crippen molar-refractivity contribution < 1.29 is 4.79 Å². The quantitative estimate of drug-likeness (QED) is 0.706. The first-order valence-electron chi connectivity index (χ1n) is 5.87. The van der Waals surface area contributed by atoms with Gasteiger partial charge in [-0.1, -0.05) is 35.9 Å². The summed E-state index contributed by atoms with van der Waals surface area (Å²) in [5.74, 6) is 0.0885. The molecule has 0 saturated heterocycles. The van der Waals surface area contributed by atoms with E-state index in [0.29, 0.717) is 0 Å². The van der Waals surface area contributed by atoms with Crippen LogP contribution in [-0.4, -0.2) is 5.78 Å². The van der Waals surface area contributed by atoms with Crippen LogP contribution in [-0.2, 0) is 0 Å². The summed E-state index contributed by atoms with van der Waals surface area (Å²) in [6.07, 6.45) is 0. The zero-order valence-corrected chi connectivity index (χ0v) is 11.5. The fourth-order valence-electron chi connectivity index (χ4n) is 1.98. The highest BCUT2D eigenvalue weighted by atomic mass is 35.5. The molecule has 0 fully saturated rings. The van der Waals surface area contributed by atoms with Gasteiger partial charge >= 0.3 is 0 Å². The van der Waals surface area contributed by atoms with Gasteiger partial charge in [-0.15, -0.1) is 0 Å². The Morgan fingerprint density at radius 2 is 1.61 bits per heavy atom. The van der Waals surface area contributed by atoms with Crippen molar-refractivity contribution in [1.82, 2.24) is 0 Å². The number of hydrogen-bond acceptors (Lipinski definition) is 1. The first-order chi connectivity index (χ1) is 8.49. The van der Waals surface area contributed by atoms with Gasteiger partial charge in [0.25, 0.3) is 0 Å². The average Bonchev–Trinajstić information content (AvgIpc) is 2.34. The minimum Gasteiger partial charge on any atom is -0.295 e. The second-order valence-corrected chi connectivity index (χ2v) is 4.96. The van der Waals surface area contributed by atoms with Gasteiger partial charge in [-0.2, -0.15) is 0 Å². The minimum atomic E-state index is 0.0885. The van der Waals surface area contributed by atoms with E-state index >= 15 is 0 Å². The molecule has 0 aliphatic carbocycles. The van der Waals surface area contributed by atoms with Gasteiger partial charge in [0.15, 0.2) is 5.78 Å². The van der Waals surface area contributed by atoms with Crippen molar-refractivity contribution in [3.63, 3.8) is 0 Å². The Hall–Kier alpha value is -1.60. The van der Waals surface area contributed by atoms with Crippen molar-refractivity contribution in [2.45, 2.75) is 20.8 Å². The average molecular weight is 259 g/mol. The topological polar surface area (TPSA) is 17.1 Å². The summed E-state index contributed by atoms with van der Waals surface area (Å²) in [5.41, 5.74) is 5.21. The number of aryl methyl sites for hydroxylation is 2. The van der Waals surface area contributed by atoms with Crippen LogP contribution in [0, 0.1) is 13.8 Å². The summed E-state index contributed by atoms with van der Waals surface area (Å²) < 4.78 is 0. The van der Waals surface area contributed by atoms with Gasteiger partial charge < -0.3 is 0 Å². The van der Waals surface area contributed by atoms with Crippen molar-refractivity contribution in [1.29, 1.82) is 0 Å². The lowest BCUT2D eigenvalue weighted by atomic mass is 9.97. The lowest BCUT2D eigenvalue weighted by molar-refractivity contribution is 0.101. The lowest BCUT2D eigenvalue weighted by Gasteiger charge is -2.09. The number of hydrogen-bond donors (Lipinski definition) is 0. The van der Waals surface area contributed by atoms with Crippen LogP contribution in [0.3, 0.4) is 0 Å². The molecule has 2 aromatic rings. The third-order valence-corrected chi connectivity index (χ3v) is 3.52. The Morgan fingerprint density at radius 1 is 1.00 bits per heavy atom. The number of rotatable bonds is 2. The number of Topliss-reactive ketones (excluding diaryl/α,β-unsaturated/α-hetero) is 1. The summed E-state index contributed by atoms with van der Waals surface area (Å²) in [6, 6.07) is 11.7. The second-order valence-electron chi connectivity index (χ2n) is 4.55. The number of carbonyl (C=O) groups is 1. The van der Waals surface area contributed by atoms with Gasteiger partial charge in [0.1, 0.15) is 0 Å². The number of carbonyl (C=O) groups excluding carboxylic acids is 1.